The van der Waals surface area contributed by atoms with E-state index in [-0.39, 0.29) is 0 Å². The Labute approximate surface area is 98.2 Å². The third-order valence-electron chi connectivity index (χ3n) is 2.32. The van der Waals surface area contributed by atoms with Crippen LogP contribution >= 0.6 is 11.8 Å². The minimum Gasteiger partial charge on any atom is -0.399 e. The molecule has 0 aliphatic rings. The van der Waals surface area contributed by atoms with Crippen LogP contribution in [0.15, 0.2) is 27.7 Å². The van der Waals surface area contributed by atoms with Gasteiger partial charge in [0.2, 0.25) is 0 Å². The summed E-state index contributed by atoms with van der Waals surface area (Å²) < 4.78 is 4.65. The van der Waals surface area contributed by atoms with Crippen LogP contribution in [0.5, 0.6) is 0 Å². The maximum Gasteiger partial charge on any atom is 0.118 e. The Balaban J connectivity index is 2.10. The van der Waals surface area contributed by atoms with Crippen molar-refractivity contribution in [3.8, 4) is 0 Å². The third-order valence-corrected chi connectivity index (χ3v) is 3.49. The van der Waals surface area contributed by atoms with Gasteiger partial charge in [-0.15, -0.1) is 11.8 Å². The lowest BCUT2D eigenvalue weighted by molar-refractivity contribution is 0.302. The summed E-state index contributed by atoms with van der Waals surface area (Å²) in [7, 11) is 0. The lowest BCUT2D eigenvalue weighted by Crippen LogP contribution is -1.89. The van der Waals surface area contributed by atoms with Crippen LogP contribution in [0.25, 0.3) is 0 Å². The van der Waals surface area contributed by atoms with Crippen molar-refractivity contribution in [1.29, 1.82) is 0 Å². The molecule has 4 nitrogen and oxygen atoms in total. The van der Waals surface area contributed by atoms with Crippen molar-refractivity contribution in [2.45, 2.75) is 24.5 Å². The molecule has 0 atom stereocenters. The summed E-state index contributed by atoms with van der Waals surface area (Å²) in [4.78, 5) is 1.17. The second-order valence-electron chi connectivity index (χ2n) is 3.61. The molecule has 1 aromatic heterocycles. The predicted molar refractivity (Wildman–Crippen MR) is 64.2 cm³/mol. The summed E-state index contributed by atoms with van der Waals surface area (Å²) in [6.45, 7) is 3.95. The molecule has 1 heterocycles. The Kier molecular flexibility index (Phi) is 3.14. The lowest BCUT2D eigenvalue weighted by Gasteiger charge is -2.05. The van der Waals surface area contributed by atoms with Crippen LogP contribution in [-0.4, -0.2) is 10.3 Å². The largest absolute Gasteiger partial charge is 0.399 e. The highest BCUT2D eigenvalue weighted by Crippen LogP contribution is 2.27. The number of benzene rings is 1. The molecule has 0 radical (unpaired) electrons. The van der Waals surface area contributed by atoms with Crippen LogP contribution in [0.1, 0.15) is 17.0 Å². The number of rotatable bonds is 3. The number of hydrogen-bond donors (Lipinski definition) is 1. The number of thioether (sulfide) groups is 1. The number of anilines is 1. The van der Waals surface area contributed by atoms with Crippen LogP contribution in [0.4, 0.5) is 5.69 Å². The van der Waals surface area contributed by atoms with Gasteiger partial charge in [-0.3, -0.25) is 0 Å². The molecule has 16 heavy (non-hydrogen) atoms. The highest BCUT2D eigenvalue weighted by atomic mass is 32.2. The first-order valence-electron chi connectivity index (χ1n) is 4.94. The summed E-state index contributed by atoms with van der Waals surface area (Å²) in [5.41, 5.74) is 9.47. The topological polar surface area (TPSA) is 64.9 Å². The molecule has 0 amide bonds. The van der Waals surface area contributed by atoms with Gasteiger partial charge < -0.3 is 5.73 Å². The fourth-order valence-corrected chi connectivity index (χ4v) is 2.37. The molecule has 1 aromatic carbocycles. The normalized spacial score (nSPS) is 10.6. The Bertz CT molecular complexity index is 496. The van der Waals surface area contributed by atoms with Gasteiger partial charge >= 0.3 is 0 Å². The van der Waals surface area contributed by atoms with Gasteiger partial charge in [0.05, 0.1) is 0 Å². The second-order valence-corrected chi connectivity index (χ2v) is 4.63. The predicted octanol–water partition coefficient (Wildman–Crippen LogP) is 2.56. The van der Waals surface area contributed by atoms with Gasteiger partial charge in [-0.1, -0.05) is 16.4 Å². The Morgan fingerprint density at radius 3 is 2.81 bits per heavy atom. The van der Waals surface area contributed by atoms with Gasteiger partial charge in [0.25, 0.3) is 0 Å². The maximum atomic E-state index is 5.75. The van der Waals surface area contributed by atoms with Gasteiger partial charge in [0.1, 0.15) is 11.4 Å². The molecule has 2 N–H and O–H groups in total. The van der Waals surface area contributed by atoms with Gasteiger partial charge in [-0.05, 0) is 31.5 Å². The smallest absolute Gasteiger partial charge is 0.118 e. The van der Waals surface area contributed by atoms with E-state index in [9.17, 15) is 0 Å². The van der Waals surface area contributed by atoms with E-state index in [0.717, 1.165) is 22.8 Å². The molecule has 0 spiro atoms. The number of aryl methyl sites for hydroxylation is 2. The molecule has 0 aliphatic carbocycles. The van der Waals surface area contributed by atoms with E-state index >= 15 is 0 Å². The quantitative estimate of drug-likeness (QED) is 0.654. The van der Waals surface area contributed by atoms with E-state index in [4.69, 9.17) is 5.73 Å². The summed E-state index contributed by atoms with van der Waals surface area (Å²) >= 11 is 1.69. The molecule has 0 bridgehead atoms. The van der Waals surface area contributed by atoms with Gasteiger partial charge in [0, 0.05) is 16.3 Å². The first-order chi connectivity index (χ1) is 7.66. The Hall–Kier alpha value is -1.49. The summed E-state index contributed by atoms with van der Waals surface area (Å²) in [5.74, 6) is 0.750. The van der Waals surface area contributed by atoms with E-state index in [1.807, 2.05) is 25.1 Å². The molecule has 84 valence electrons. The van der Waals surface area contributed by atoms with Gasteiger partial charge in [-0.25, -0.2) is 4.63 Å². The van der Waals surface area contributed by atoms with Crippen molar-refractivity contribution in [3.05, 3.63) is 35.2 Å². The molecular weight excluding hydrogens is 222 g/mol. The molecule has 0 aliphatic heterocycles. The van der Waals surface area contributed by atoms with Crippen molar-refractivity contribution in [3.63, 3.8) is 0 Å². The van der Waals surface area contributed by atoms with Crippen LogP contribution in [0.2, 0.25) is 0 Å². The standard InChI is InChI=1S/C11H13N3OS/c1-7-3-4-9(12)5-11(7)16-6-10-8(2)13-15-14-10/h3-5H,6,12H2,1-2H3. The zero-order chi connectivity index (χ0) is 11.5. The first kappa shape index (κ1) is 11.0. The molecular formula is C11H13N3OS. The van der Waals surface area contributed by atoms with Crippen molar-refractivity contribution in [1.82, 2.24) is 10.3 Å². The summed E-state index contributed by atoms with van der Waals surface area (Å²) in [6.07, 6.45) is 0. The van der Waals surface area contributed by atoms with E-state index in [1.54, 1.807) is 11.8 Å². The average Bonchev–Trinajstić information content (AvgIpc) is 2.66. The van der Waals surface area contributed by atoms with Crippen molar-refractivity contribution < 1.29 is 4.63 Å². The fourth-order valence-electron chi connectivity index (χ4n) is 1.30. The minimum atomic E-state index is 0.750. The maximum absolute atomic E-state index is 5.75. The molecule has 0 saturated carbocycles. The van der Waals surface area contributed by atoms with Crippen molar-refractivity contribution in [2.75, 3.05) is 5.73 Å². The minimum absolute atomic E-state index is 0.750. The summed E-state index contributed by atoms with van der Waals surface area (Å²) in [6, 6.07) is 5.90. The highest BCUT2D eigenvalue weighted by Gasteiger charge is 2.07. The van der Waals surface area contributed by atoms with Gasteiger partial charge in [-0.2, -0.15) is 0 Å². The zero-order valence-electron chi connectivity index (χ0n) is 9.23. The Morgan fingerprint density at radius 2 is 2.12 bits per heavy atom. The number of nitrogen functional groups attached to an aromatic ring is 1. The van der Waals surface area contributed by atoms with E-state index < -0.39 is 0 Å². The SMILES string of the molecule is Cc1ccc(N)cc1SCc1nonc1C. The molecule has 5 heteroatoms. The molecule has 0 saturated heterocycles. The molecule has 2 aromatic rings. The van der Waals surface area contributed by atoms with Crippen LogP contribution < -0.4 is 5.73 Å². The first-order valence-corrected chi connectivity index (χ1v) is 5.92. The number of aromatic nitrogens is 2. The fraction of sp³-hybridized carbons (Fsp3) is 0.273. The molecule has 0 fully saturated rings. The third kappa shape index (κ3) is 2.36. The number of hydrogen-bond acceptors (Lipinski definition) is 5. The second kappa shape index (κ2) is 4.57. The zero-order valence-corrected chi connectivity index (χ0v) is 10.0. The van der Waals surface area contributed by atoms with E-state index in [2.05, 4.69) is 21.9 Å². The summed E-state index contributed by atoms with van der Waals surface area (Å²) in [5, 5.41) is 7.59. The number of nitrogens with two attached hydrogens (primary N) is 1. The van der Waals surface area contributed by atoms with Crippen LogP contribution in [0, 0.1) is 13.8 Å². The van der Waals surface area contributed by atoms with Crippen molar-refractivity contribution in [2.24, 2.45) is 0 Å². The van der Waals surface area contributed by atoms with E-state index in [0.29, 0.717) is 0 Å². The van der Waals surface area contributed by atoms with Crippen LogP contribution in [-0.2, 0) is 5.75 Å². The average molecular weight is 235 g/mol. The van der Waals surface area contributed by atoms with Gasteiger partial charge in [0.15, 0.2) is 0 Å². The van der Waals surface area contributed by atoms with Crippen LogP contribution in [0.3, 0.4) is 0 Å². The highest BCUT2D eigenvalue weighted by molar-refractivity contribution is 7.98. The number of nitrogens with zero attached hydrogens (tertiary/aromatic N) is 2. The molecule has 0 unspecified atom stereocenters. The monoisotopic (exact) mass is 235 g/mol. The van der Waals surface area contributed by atoms with E-state index in [1.165, 1.54) is 10.5 Å². The Morgan fingerprint density at radius 1 is 1.31 bits per heavy atom. The van der Waals surface area contributed by atoms with Crippen molar-refractivity contribution >= 4 is 17.4 Å². The molecule has 2 rings (SSSR count). The lowest BCUT2D eigenvalue weighted by atomic mass is 10.2.